The first-order chi connectivity index (χ1) is 16.1. The van der Waals surface area contributed by atoms with Crippen LogP contribution in [0.5, 0.6) is 5.88 Å². The van der Waals surface area contributed by atoms with Gasteiger partial charge >= 0.3 is 0 Å². The fourth-order valence-corrected chi connectivity index (χ4v) is 5.47. The summed E-state index contributed by atoms with van der Waals surface area (Å²) in [4.78, 5) is 33.1. The number of pyridine rings is 2. The van der Waals surface area contributed by atoms with Gasteiger partial charge in [0.15, 0.2) is 0 Å². The second-order valence-electron chi connectivity index (χ2n) is 9.28. The van der Waals surface area contributed by atoms with Crippen LogP contribution in [0.1, 0.15) is 41.3 Å². The number of nitrogens with zero attached hydrogens (tertiary/aromatic N) is 3. The molecule has 1 aromatic carbocycles. The molecule has 7 nitrogen and oxygen atoms in total. The van der Waals surface area contributed by atoms with Crippen LogP contribution >= 0.6 is 0 Å². The maximum atomic E-state index is 13.5. The number of fused-ring (bicyclic) bond motifs is 4. The van der Waals surface area contributed by atoms with Gasteiger partial charge in [-0.1, -0.05) is 24.3 Å². The number of ether oxygens (including phenoxy) is 2. The predicted octanol–water partition coefficient (Wildman–Crippen LogP) is 2.97. The highest BCUT2D eigenvalue weighted by Gasteiger charge is 2.36. The lowest BCUT2D eigenvalue weighted by Crippen LogP contribution is -2.47. The molecule has 4 heterocycles. The predicted molar refractivity (Wildman–Crippen MR) is 124 cm³/mol. The van der Waals surface area contributed by atoms with Crippen LogP contribution in [0, 0.1) is 0 Å². The lowest BCUT2D eigenvalue weighted by atomic mass is 10.1. The summed E-state index contributed by atoms with van der Waals surface area (Å²) in [6, 6.07) is 10.0. The zero-order valence-electron chi connectivity index (χ0n) is 18.7. The van der Waals surface area contributed by atoms with Gasteiger partial charge in [-0.25, -0.2) is 4.98 Å². The van der Waals surface area contributed by atoms with Gasteiger partial charge < -0.3 is 18.9 Å². The summed E-state index contributed by atoms with van der Waals surface area (Å²) in [6.45, 7) is 3.72. The third kappa shape index (κ3) is 3.60. The summed E-state index contributed by atoms with van der Waals surface area (Å²) in [5, 5.41) is 0.472. The van der Waals surface area contributed by atoms with Crippen LogP contribution < -0.4 is 10.2 Å². The summed E-state index contributed by atoms with van der Waals surface area (Å²) in [5.41, 5.74) is 3.24. The molecular weight excluding hydrogens is 418 g/mol. The fraction of sp³-hybridized carbons (Fsp3) is 0.423. The second kappa shape index (κ2) is 7.99. The van der Waals surface area contributed by atoms with Gasteiger partial charge in [-0.05, 0) is 30.9 Å². The molecule has 7 heteroatoms. The van der Waals surface area contributed by atoms with Crippen molar-refractivity contribution in [2.45, 2.75) is 57.5 Å². The third-order valence-electron chi connectivity index (χ3n) is 7.14. The zero-order valence-corrected chi connectivity index (χ0v) is 18.7. The highest BCUT2D eigenvalue weighted by Crippen LogP contribution is 2.28. The van der Waals surface area contributed by atoms with Gasteiger partial charge in [0.2, 0.25) is 11.3 Å². The fourth-order valence-electron chi connectivity index (χ4n) is 5.47. The molecule has 2 aliphatic heterocycles. The summed E-state index contributed by atoms with van der Waals surface area (Å²) in [7, 11) is 0. The highest BCUT2D eigenvalue weighted by molar-refractivity contribution is 5.97. The SMILES string of the molecule is CCn1cc(C(=O)N2CC3CCC(C2)O3)c(=O)c2cc(OC3Cc4ccccc4C3)ncc21. The van der Waals surface area contributed by atoms with E-state index in [9.17, 15) is 9.59 Å². The Kier molecular flexibility index (Phi) is 4.94. The second-order valence-corrected chi connectivity index (χ2v) is 9.28. The van der Waals surface area contributed by atoms with Gasteiger partial charge in [0.1, 0.15) is 11.7 Å². The van der Waals surface area contributed by atoms with Crippen LogP contribution in [0.2, 0.25) is 0 Å². The van der Waals surface area contributed by atoms with E-state index in [2.05, 4.69) is 17.1 Å². The third-order valence-corrected chi connectivity index (χ3v) is 7.14. The number of carbonyl (C=O) groups excluding carboxylic acids is 1. The van der Waals surface area contributed by atoms with E-state index in [-0.39, 0.29) is 35.2 Å². The van der Waals surface area contributed by atoms with E-state index in [1.807, 2.05) is 23.6 Å². The van der Waals surface area contributed by atoms with E-state index in [1.165, 1.54) is 11.1 Å². The van der Waals surface area contributed by atoms with Crippen molar-refractivity contribution in [3.63, 3.8) is 0 Å². The first-order valence-corrected chi connectivity index (χ1v) is 11.8. The molecule has 2 fully saturated rings. The molecule has 1 amide bonds. The van der Waals surface area contributed by atoms with Crippen LogP contribution in [-0.4, -0.2) is 51.8 Å². The minimum Gasteiger partial charge on any atom is -0.474 e. The van der Waals surface area contributed by atoms with Crippen molar-refractivity contribution in [3.05, 3.63) is 69.6 Å². The molecule has 1 aliphatic carbocycles. The number of rotatable bonds is 4. The Balaban J connectivity index is 1.32. The minimum atomic E-state index is -0.263. The topological polar surface area (TPSA) is 73.7 Å². The van der Waals surface area contributed by atoms with E-state index in [4.69, 9.17) is 9.47 Å². The van der Waals surface area contributed by atoms with Crippen molar-refractivity contribution in [2.75, 3.05) is 13.1 Å². The maximum Gasteiger partial charge on any atom is 0.259 e. The Morgan fingerprint density at radius 2 is 1.85 bits per heavy atom. The smallest absolute Gasteiger partial charge is 0.259 e. The molecule has 2 aromatic heterocycles. The van der Waals surface area contributed by atoms with Gasteiger partial charge in [-0.2, -0.15) is 0 Å². The van der Waals surface area contributed by atoms with E-state index < -0.39 is 0 Å². The molecule has 170 valence electrons. The molecule has 2 saturated heterocycles. The number of aryl methyl sites for hydroxylation is 1. The molecule has 3 aromatic rings. The van der Waals surface area contributed by atoms with Gasteiger partial charge in [0.25, 0.3) is 5.91 Å². The first kappa shape index (κ1) is 20.4. The molecule has 6 rings (SSSR count). The monoisotopic (exact) mass is 445 g/mol. The lowest BCUT2D eigenvalue weighted by Gasteiger charge is -2.32. The summed E-state index contributed by atoms with van der Waals surface area (Å²) in [6.07, 6.45) is 7.13. The molecule has 2 atom stereocenters. The minimum absolute atomic E-state index is 0.00519. The van der Waals surface area contributed by atoms with Crippen molar-refractivity contribution in [2.24, 2.45) is 0 Å². The molecule has 0 saturated carbocycles. The summed E-state index contributed by atoms with van der Waals surface area (Å²) >= 11 is 0. The van der Waals surface area contributed by atoms with E-state index >= 15 is 0 Å². The molecule has 0 spiro atoms. The van der Waals surface area contributed by atoms with Crippen molar-refractivity contribution in [3.8, 4) is 5.88 Å². The summed E-state index contributed by atoms with van der Waals surface area (Å²) in [5.74, 6) is 0.212. The van der Waals surface area contributed by atoms with Crippen LogP contribution in [0.15, 0.2) is 47.5 Å². The van der Waals surface area contributed by atoms with Crippen molar-refractivity contribution in [1.29, 1.82) is 0 Å². The van der Waals surface area contributed by atoms with Crippen LogP contribution in [-0.2, 0) is 24.1 Å². The highest BCUT2D eigenvalue weighted by atomic mass is 16.5. The standard InChI is InChI=1S/C26H27N3O4/c1-2-28-15-22(26(31)29-13-18-7-8-19(14-29)32-18)25(30)21-11-24(27-12-23(21)28)33-20-9-16-5-3-4-6-17(16)10-20/h3-6,11-12,15,18-20H,2,7-10,13-14H2,1H3. The van der Waals surface area contributed by atoms with Crippen LogP contribution in [0.3, 0.4) is 0 Å². The largest absolute Gasteiger partial charge is 0.474 e. The average Bonchev–Trinajstić information content (AvgIpc) is 3.40. The molecule has 0 radical (unpaired) electrons. The average molecular weight is 446 g/mol. The van der Waals surface area contributed by atoms with Gasteiger partial charge in [-0.3, -0.25) is 9.59 Å². The van der Waals surface area contributed by atoms with E-state index in [0.717, 1.165) is 25.7 Å². The Bertz CT molecular complexity index is 1260. The Hall–Kier alpha value is -3.19. The Labute approximate surface area is 191 Å². The number of carbonyl (C=O) groups is 1. The number of hydrogen-bond acceptors (Lipinski definition) is 5. The van der Waals surface area contributed by atoms with Crippen molar-refractivity contribution < 1.29 is 14.3 Å². The molecule has 2 unspecified atom stereocenters. The molecule has 0 N–H and O–H groups in total. The van der Waals surface area contributed by atoms with E-state index in [1.54, 1.807) is 23.4 Å². The Morgan fingerprint density at radius 3 is 2.52 bits per heavy atom. The number of aromatic nitrogens is 2. The number of likely N-dealkylation sites (tertiary alicyclic amines) is 1. The molecule has 2 bridgehead atoms. The number of benzene rings is 1. The lowest BCUT2D eigenvalue weighted by molar-refractivity contribution is -0.0304. The van der Waals surface area contributed by atoms with Crippen molar-refractivity contribution >= 4 is 16.8 Å². The quantitative estimate of drug-likeness (QED) is 0.617. The summed E-state index contributed by atoms with van der Waals surface area (Å²) < 4.78 is 14.0. The number of amides is 1. The van der Waals surface area contributed by atoms with Crippen molar-refractivity contribution in [1.82, 2.24) is 14.5 Å². The number of hydrogen-bond donors (Lipinski definition) is 0. The molecular formula is C26H27N3O4. The van der Waals surface area contributed by atoms with Crippen LogP contribution in [0.4, 0.5) is 0 Å². The maximum absolute atomic E-state index is 13.5. The zero-order chi connectivity index (χ0) is 22.5. The molecule has 33 heavy (non-hydrogen) atoms. The van der Waals surface area contributed by atoms with Gasteiger partial charge in [0, 0.05) is 44.7 Å². The van der Waals surface area contributed by atoms with Gasteiger partial charge in [0.05, 0.1) is 29.3 Å². The van der Waals surface area contributed by atoms with Gasteiger partial charge in [-0.15, -0.1) is 0 Å². The number of morpholine rings is 1. The Morgan fingerprint density at radius 1 is 1.15 bits per heavy atom. The first-order valence-electron chi connectivity index (χ1n) is 11.8. The normalized spacial score (nSPS) is 22.0. The molecule has 3 aliphatic rings. The van der Waals surface area contributed by atoms with E-state index in [0.29, 0.717) is 36.4 Å². The van der Waals surface area contributed by atoms with Crippen LogP contribution in [0.25, 0.3) is 10.9 Å².